The van der Waals surface area contributed by atoms with Crippen LogP contribution in [0.5, 0.6) is 0 Å². The summed E-state index contributed by atoms with van der Waals surface area (Å²) in [4.78, 5) is 13.3. The second-order valence-corrected chi connectivity index (χ2v) is 4.17. The van der Waals surface area contributed by atoms with Crippen LogP contribution in [0.4, 0.5) is 0 Å². The zero-order chi connectivity index (χ0) is 9.14. The molecule has 1 fully saturated rings. The summed E-state index contributed by atoms with van der Waals surface area (Å²) in [7, 11) is 3.42. The van der Waals surface area contributed by atoms with Gasteiger partial charge in [0.15, 0.2) is 0 Å². The van der Waals surface area contributed by atoms with E-state index in [1.54, 1.807) is 0 Å². The average Bonchev–Trinajstić information content (AvgIpc) is 2.08. The fourth-order valence-electron chi connectivity index (χ4n) is 1.26. The maximum atomic E-state index is 11.2. The predicted molar refractivity (Wildman–Crippen MR) is 50.4 cm³/mol. The molecule has 0 radical (unpaired) electrons. The third kappa shape index (κ3) is 1.93. The van der Waals surface area contributed by atoms with Gasteiger partial charge in [0.2, 0.25) is 0 Å². The lowest BCUT2D eigenvalue weighted by Crippen LogP contribution is -2.49. The van der Waals surface area contributed by atoms with E-state index in [0.717, 1.165) is 11.5 Å². The summed E-state index contributed by atoms with van der Waals surface area (Å²) in [6.07, 6.45) is 0. The molecule has 1 rings (SSSR count). The predicted octanol–water partition coefficient (Wildman–Crippen LogP) is 0.595. The molecular formula is C8H15NO2S. The number of hydrogen-bond donors (Lipinski definition) is 0. The van der Waals surface area contributed by atoms with Crippen LogP contribution in [0.25, 0.3) is 0 Å². The normalized spacial score (nSPS) is 31.6. The number of likely N-dealkylation sites (N-methyl/N-ethyl adjacent to an activating group) is 1. The second-order valence-electron chi connectivity index (χ2n) is 3.09. The van der Waals surface area contributed by atoms with Crippen LogP contribution in [-0.4, -0.2) is 48.6 Å². The SMILES string of the molecule is COC(=O)[C@@H]1CSCC(C)N1C. The molecule has 4 heteroatoms. The van der Waals surface area contributed by atoms with Gasteiger partial charge in [0, 0.05) is 17.5 Å². The number of nitrogens with zero attached hydrogens (tertiary/aromatic N) is 1. The Kier molecular flexibility index (Phi) is 3.40. The Hall–Kier alpha value is -0.220. The fourth-order valence-corrected chi connectivity index (χ4v) is 2.57. The minimum Gasteiger partial charge on any atom is -0.468 e. The maximum absolute atomic E-state index is 11.2. The summed E-state index contributed by atoms with van der Waals surface area (Å²) in [5, 5.41) is 0. The standard InChI is InChI=1S/C8H15NO2S/c1-6-4-12-5-7(9(6)2)8(10)11-3/h6-7H,4-5H2,1-3H3/t6?,7-/m0/s1. The van der Waals surface area contributed by atoms with E-state index in [-0.39, 0.29) is 12.0 Å². The topological polar surface area (TPSA) is 29.5 Å². The minimum absolute atomic E-state index is 0.0521. The molecule has 1 saturated heterocycles. The highest BCUT2D eigenvalue weighted by molar-refractivity contribution is 7.99. The van der Waals surface area contributed by atoms with Gasteiger partial charge in [-0.25, -0.2) is 0 Å². The number of hydrogen-bond acceptors (Lipinski definition) is 4. The van der Waals surface area contributed by atoms with Gasteiger partial charge < -0.3 is 4.74 Å². The Morgan fingerprint density at radius 2 is 2.25 bits per heavy atom. The first kappa shape index (κ1) is 9.86. The fraction of sp³-hybridized carbons (Fsp3) is 0.875. The lowest BCUT2D eigenvalue weighted by Gasteiger charge is -2.35. The summed E-state index contributed by atoms with van der Waals surface area (Å²) in [5.41, 5.74) is 0. The molecule has 1 aliphatic rings. The van der Waals surface area contributed by atoms with Crippen LogP contribution >= 0.6 is 11.8 Å². The highest BCUT2D eigenvalue weighted by Gasteiger charge is 2.30. The van der Waals surface area contributed by atoms with Gasteiger partial charge >= 0.3 is 5.97 Å². The van der Waals surface area contributed by atoms with E-state index in [2.05, 4.69) is 11.8 Å². The van der Waals surface area contributed by atoms with E-state index in [1.807, 2.05) is 18.8 Å². The van der Waals surface area contributed by atoms with Crippen LogP contribution in [-0.2, 0) is 9.53 Å². The van der Waals surface area contributed by atoms with Gasteiger partial charge in [-0.1, -0.05) is 0 Å². The number of methoxy groups -OCH3 is 1. The summed E-state index contributed by atoms with van der Waals surface area (Å²) in [6.45, 7) is 2.13. The number of rotatable bonds is 1. The van der Waals surface area contributed by atoms with Crippen molar-refractivity contribution in [3.63, 3.8) is 0 Å². The second kappa shape index (κ2) is 4.14. The van der Waals surface area contributed by atoms with Crippen LogP contribution in [0, 0.1) is 0 Å². The van der Waals surface area contributed by atoms with Gasteiger partial charge in [-0.05, 0) is 14.0 Å². The van der Waals surface area contributed by atoms with Crippen molar-refractivity contribution in [3.8, 4) is 0 Å². The lowest BCUT2D eigenvalue weighted by atomic mass is 10.2. The number of ether oxygens (including phenoxy) is 1. The first-order chi connectivity index (χ1) is 5.66. The molecule has 0 aromatic carbocycles. The van der Waals surface area contributed by atoms with Crippen LogP contribution < -0.4 is 0 Å². The molecule has 0 bridgehead atoms. The van der Waals surface area contributed by atoms with Gasteiger partial charge in [-0.3, -0.25) is 9.69 Å². The average molecular weight is 189 g/mol. The Balaban J connectivity index is 2.57. The summed E-state index contributed by atoms with van der Waals surface area (Å²) >= 11 is 1.82. The zero-order valence-electron chi connectivity index (χ0n) is 7.74. The van der Waals surface area contributed by atoms with Gasteiger partial charge in [-0.2, -0.15) is 11.8 Å². The molecule has 0 aliphatic carbocycles. The lowest BCUT2D eigenvalue weighted by molar-refractivity contribution is -0.146. The summed E-state index contributed by atoms with van der Waals surface area (Å²) < 4.78 is 4.71. The number of carbonyl (C=O) groups is 1. The van der Waals surface area contributed by atoms with Crippen molar-refractivity contribution in [1.29, 1.82) is 0 Å². The maximum Gasteiger partial charge on any atom is 0.323 e. The first-order valence-electron chi connectivity index (χ1n) is 4.04. The van der Waals surface area contributed by atoms with Crippen LogP contribution in [0.15, 0.2) is 0 Å². The number of thioether (sulfide) groups is 1. The molecule has 0 saturated carbocycles. The van der Waals surface area contributed by atoms with Gasteiger partial charge in [0.1, 0.15) is 6.04 Å². The molecule has 70 valence electrons. The largest absolute Gasteiger partial charge is 0.468 e. The quantitative estimate of drug-likeness (QED) is 0.565. The Labute approximate surface area is 77.4 Å². The number of esters is 1. The molecule has 1 unspecified atom stereocenters. The Morgan fingerprint density at radius 1 is 1.58 bits per heavy atom. The van der Waals surface area contributed by atoms with E-state index in [9.17, 15) is 4.79 Å². The Morgan fingerprint density at radius 3 is 2.83 bits per heavy atom. The summed E-state index contributed by atoms with van der Waals surface area (Å²) in [5.74, 6) is 1.84. The van der Waals surface area contributed by atoms with Crippen molar-refractivity contribution in [3.05, 3.63) is 0 Å². The van der Waals surface area contributed by atoms with Crippen molar-refractivity contribution in [2.45, 2.75) is 19.0 Å². The highest BCUT2D eigenvalue weighted by atomic mass is 32.2. The smallest absolute Gasteiger partial charge is 0.323 e. The molecule has 1 heterocycles. The van der Waals surface area contributed by atoms with Crippen molar-refractivity contribution in [2.75, 3.05) is 25.7 Å². The van der Waals surface area contributed by atoms with Gasteiger partial charge in [0.05, 0.1) is 7.11 Å². The first-order valence-corrected chi connectivity index (χ1v) is 5.19. The molecule has 0 aromatic rings. The molecule has 12 heavy (non-hydrogen) atoms. The van der Waals surface area contributed by atoms with Crippen LogP contribution in [0.3, 0.4) is 0 Å². The molecule has 1 aliphatic heterocycles. The third-order valence-corrected chi connectivity index (χ3v) is 3.56. The molecule has 0 aromatic heterocycles. The van der Waals surface area contributed by atoms with Crippen molar-refractivity contribution in [2.24, 2.45) is 0 Å². The highest BCUT2D eigenvalue weighted by Crippen LogP contribution is 2.20. The zero-order valence-corrected chi connectivity index (χ0v) is 8.56. The van der Waals surface area contributed by atoms with Crippen molar-refractivity contribution < 1.29 is 9.53 Å². The minimum atomic E-state index is -0.114. The molecule has 0 spiro atoms. The molecule has 0 N–H and O–H groups in total. The molecule has 0 amide bonds. The Bertz CT molecular complexity index is 174. The monoisotopic (exact) mass is 189 g/mol. The van der Waals surface area contributed by atoms with Gasteiger partial charge in [-0.15, -0.1) is 0 Å². The third-order valence-electron chi connectivity index (χ3n) is 2.29. The van der Waals surface area contributed by atoms with E-state index in [4.69, 9.17) is 4.74 Å². The molecule has 3 nitrogen and oxygen atoms in total. The number of carbonyl (C=O) groups excluding carboxylic acids is 1. The van der Waals surface area contributed by atoms with E-state index in [1.165, 1.54) is 7.11 Å². The van der Waals surface area contributed by atoms with E-state index < -0.39 is 0 Å². The van der Waals surface area contributed by atoms with Crippen LogP contribution in [0.1, 0.15) is 6.92 Å². The molecule has 2 atom stereocenters. The van der Waals surface area contributed by atoms with Crippen molar-refractivity contribution in [1.82, 2.24) is 4.90 Å². The van der Waals surface area contributed by atoms with Gasteiger partial charge in [0.25, 0.3) is 0 Å². The molecular weight excluding hydrogens is 174 g/mol. The van der Waals surface area contributed by atoms with E-state index in [0.29, 0.717) is 6.04 Å². The van der Waals surface area contributed by atoms with Crippen molar-refractivity contribution >= 4 is 17.7 Å². The van der Waals surface area contributed by atoms with Crippen LogP contribution in [0.2, 0.25) is 0 Å². The summed E-state index contributed by atoms with van der Waals surface area (Å²) in [6, 6.07) is 0.414. The van der Waals surface area contributed by atoms with E-state index >= 15 is 0 Å².